The summed E-state index contributed by atoms with van der Waals surface area (Å²) in [4.78, 5) is 6.81. The highest BCUT2D eigenvalue weighted by Crippen LogP contribution is 2.29. The summed E-state index contributed by atoms with van der Waals surface area (Å²) in [5.74, 6) is 0. The third-order valence-corrected chi connectivity index (χ3v) is 4.61. The van der Waals surface area contributed by atoms with Crippen molar-refractivity contribution in [1.82, 2.24) is 25.0 Å². The number of thiazole rings is 1. The van der Waals surface area contributed by atoms with Gasteiger partial charge in [-0.15, -0.1) is 11.3 Å². The standard InChI is InChI=1S/C14H22BrN5S/c1-5-16-13(12-9-21-10(2)18-12)14-11(15)8-17-20(14)7-6-19(3)4/h8-9,13,16H,5-7H2,1-4H3. The van der Waals surface area contributed by atoms with Crippen LogP contribution in [0.3, 0.4) is 0 Å². The Morgan fingerprint density at radius 3 is 2.81 bits per heavy atom. The Morgan fingerprint density at radius 1 is 1.48 bits per heavy atom. The Hall–Kier alpha value is -0.760. The third-order valence-electron chi connectivity index (χ3n) is 3.21. The van der Waals surface area contributed by atoms with E-state index in [1.54, 1.807) is 11.3 Å². The first kappa shape index (κ1) is 16.6. The molecule has 21 heavy (non-hydrogen) atoms. The summed E-state index contributed by atoms with van der Waals surface area (Å²) in [5, 5.41) is 11.2. The zero-order chi connectivity index (χ0) is 15.4. The number of hydrogen-bond acceptors (Lipinski definition) is 5. The van der Waals surface area contributed by atoms with Crippen LogP contribution in [0.25, 0.3) is 0 Å². The van der Waals surface area contributed by atoms with Crippen LogP contribution in [0.15, 0.2) is 16.0 Å². The fourth-order valence-corrected chi connectivity index (χ4v) is 3.35. The molecule has 0 aliphatic carbocycles. The highest BCUT2D eigenvalue weighted by Gasteiger charge is 2.23. The van der Waals surface area contributed by atoms with Gasteiger partial charge >= 0.3 is 0 Å². The Balaban J connectivity index is 2.33. The summed E-state index contributed by atoms with van der Waals surface area (Å²) in [6, 6.07) is 0.0685. The molecule has 1 atom stereocenters. The van der Waals surface area contributed by atoms with Crippen LogP contribution in [0, 0.1) is 6.92 Å². The van der Waals surface area contributed by atoms with Crippen molar-refractivity contribution in [2.24, 2.45) is 0 Å². The maximum atomic E-state index is 4.65. The molecule has 0 saturated carbocycles. The molecule has 0 aliphatic rings. The topological polar surface area (TPSA) is 46.0 Å². The molecule has 2 rings (SSSR count). The summed E-state index contributed by atoms with van der Waals surface area (Å²) in [6.07, 6.45) is 1.87. The van der Waals surface area contributed by atoms with Gasteiger partial charge in [-0.05, 0) is 43.5 Å². The lowest BCUT2D eigenvalue weighted by Gasteiger charge is -2.19. The summed E-state index contributed by atoms with van der Waals surface area (Å²) in [7, 11) is 4.15. The SMILES string of the molecule is CCNC(c1csc(C)n1)c1c(Br)cnn1CCN(C)C. The number of aromatic nitrogens is 3. The van der Waals surface area contributed by atoms with E-state index in [4.69, 9.17) is 0 Å². The van der Waals surface area contributed by atoms with E-state index in [-0.39, 0.29) is 6.04 Å². The van der Waals surface area contributed by atoms with Gasteiger partial charge in [0.15, 0.2) is 0 Å². The molecule has 0 aliphatic heterocycles. The van der Waals surface area contributed by atoms with Crippen molar-refractivity contribution in [3.8, 4) is 0 Å². The first-order chi connectivity index (χ1) is 10.0. The zero-order valence-electron chi connectivity index (χ0n) is 12.9. The molecular formula is C14H22BrN5S. The lowest BCUT2D eigenvalue weighted by atomic mass is 10.1. The Morgan fingerprint density at radius 2 is 2.24 bits per heavy atom. The van der Waals surface area contributed by atoms with Crippen molar-refractivity contribution in [2.45, 2.75) is 26.4 Å². The van der Waals surface area contributed by atoms with Crippen LogP contribution < -0.4 is 5.32 Å². The minimum absolute atomic E-state index is 0.0685. The number of hydrogen-bond donors (Lipinski definition) is 1. The van der Waals surface area contributed by atoms with Crippen molar-refractivity contribution < 1.29 is 0 Å². The summed E-state index contributed by atoms with van der Waals surface area (Å²) in [6.45, 7) is 6.85. The first-order valence-corrected chi connectivity index (χ1v) is 8.71. The molecule has 0 spiro atoms. The van der Waals surface area contributed by atoms with E-state index < -0.39 is 0 Å². The van der Waals surface area contributed by atoms with Crippen molar-refractivity contribution in [3.05, 3.63) is 32.4 Å². The predicted octanol–water partition coefficient (Wildman–Crippen LogP) is 2.67. The largest absolute Gasteiger partial charge is 0.308 e. The summed E-state index contributed by atoms with van der Waals surface area (Å²) < 4.78 is 3.09. The molecule has 0 aromatic carbocycles. The van der Waals surface area contributed by atoms with Gasteiger partial charge in [0.2, 0.25) is 0 Å². The van der Waals surface area contributed by atoms with Crippen LogP contribution in [-0.4, -0.2) is 46.8 Å². The number of aryl methyl sites for hydroxylation is 1. The number of halogens is 1. The van der Waals surface area contributed by atoms with E-state index in [0.717, 1.165) is 40.5 Å². The van der Waals surface area contributed by atoms with Gasteiger partial charge in [0.25, 0.3) is 0 Å². The number of nitrogens with zero attached hydrogens (tertiary/aromatic N) is 4. The number of likely N-dealkylation sites (N-methyl/N-ethyl adjacent to an activating group) is 1. The smallest absolute Gasteiger partial charge is 0.0942 e. The maximum Gasteiger partial charge on any atom is 0.0942 e. The van der Waals surface area contributed by atoms with Gasteiger partial charge in [0, 0.05) is 11.9 Å². The van der Waals surface area contributed by atoms with Crippen molar-refractivity contribution >= 4 is 27.3 Å². The average molecular weight is 372 g/mol. The second-order valence-electron chi connectivity index (χ2n) is 5.19. The quantitative estimate of drug-likeness (QED) is 0.812. The van der Waals surface area contributed by atoms with Gasteiger partial charge < -0.3 is 10.2 Å². The van der Waals surface area contributed by atoms with Gasteiger partial charge in [0.05, 0.1) is 39.7 Å². The van der Waals surface area contributed by atoms with Crippen molar-refractivity contribution in [3.63, 3.8) is 0 Å². The Bertz CT molecular complexity index is 578. The van der Waals surface area contributed by atoms with E-state index in [9.17, 15) is 0 Å². The number of nitrogens with one attached hydrogen (secondary N) is 1. The highest BCUT2D eigenvalue weighted by atomic mass is 79.9. The molecule has 2 heterocycles. The molecule has 0 radical (unpaired) electrons. The van der Waals surface area contributed by atoms with Crippen LogP contribution in [0.1, 0.15) is 29.4 Å². The van der Waals surface area contributed by atoms with E-state index in [0.29, 0.717) is 0 Å². The molecule has 2 aromatic rings. The second kappa shape index (κ2) is 7.49. The van der Waals surface area contributed by atoms with Gasteiger partial charge in [-0.1, -0.05) is 6.92 Å². The van der Waals surface area contributed by atoms with E-state index in [1.807, 2.05) is 13.1 Å². The molecule has 0 bridgehead atoms. The molecule has 7 heteroatoms. The van der Waals surface area contributed by atoms with Crippen molar-refractivity contribution in [1.29, 1.82) is 0 Å². The van der Waals surface area contributed by atoms with Gasteiger partial charge in [-0.2, -0.15) is 5.10 Å². The molecule has 0 fully saturated rings. The zero-order valence-corrected chi connectivity index (χ0v) is 15.3. The minimum atomic E-state index is 0.0685. The fraction of sp³-hybridized carbons (Fsp3) is 0.571. The molecule has 0 amide bonds. The lowest BCUT2D eigenvalue weighted by molar-refractivity contribution is 0.365. The maximum absolute atomic E-state index is 4.65. The van der Waals surface area contributed by atoms with E-state index in [2.05, 4.69) is 67.3 Å². The molecule has 0 saturated heterocycles. The Labute approximate surface area is 138 Å². The van der Waals surface area contributed by atoms with Crippen LogP contribution in [0.5, 0.6) is 0 Å². The lowest BCUT2D eigenvalue weighted by Crippen LogP contribution is -2.27. The van der Waals surface area contributed by atoms with Crippen LogP contribution >= 0.6 is 27.3 Å². The summed E-state index contributed by atoms with van der Waals surface area (Å²) in [5.41, 5.74) is 2.20. The molecule has 5 nitrogen and oxygen atoms in total. The van der Waals surface area contributed by atoms with E-state index in [1.165, 1.54) is 0 Å². The molecule has 2 aromatic heterocycles. The molecule has 1 N–H and O–H groups in total. The van der Waals surface area contributed by atoms with Gasteiger partial charge in [0.1, 0.15) is 0 Å². The fourth-order valence-electron chi connectivity index (χ4n) is 2.19. The third kappa shape index (κ3) is 4.12. The van der Waals surface area contributed by atoms with Crippen LogP contribution in [0.4, 0.5) is 0 Å². The van der Waals surface area contributed by atoms with Crippen LogP contribution in [0.2, 0.25) is 0 Å². The average Bonchev–Trinajstić information content (AvgIpc) is 3.00. The molecule has 116 valence electrons. The van der Waals surface area contributed by atoms with E-state index >= 15 is 0 Å². The first-order valence-electron chi connectivity index (χ1n) is 7.04. The van der Waals surface area contributed by atoms with Crippen molar-refractivity contribution in [2.75, 3.05) is 27.2 Å². The second-order valence-corrected chi connectivity index (χ2v) is 7.10. The number of rotatable bonds is 7. The Kier molecular flexibility index (Phi) is 5.92. The van der Waals surface area contributed by atoms with Gasteiger partial charge in [-0.3, -0.25) is 4.68 Å². The highest BCUT2D eigenvalue weighted by molar-refractivity contribution is 9.10. The monoisotopic (exact) mass is 371 g/mol. The normalized spacial score (nSPS) is 13.0. The minimum Gasteiger partial charge on any atom is -0.308 e. The molecular weight excluding hydrogens is 350 g/mol. The van der Waals surface area contributed by atoms with Gasteiger partial charge in [-0.25, -0.2) is 4.98 Å². The predicted molar refractivity (Wildman–Crippen MR) is 90.9 cm³/mol. The molecule has 1 unspecified atom stereocenters. The summed E-state index contributed by atoms with van der Waals surface area (Å²) >= 11 is 5.32. The van der Waals surface area contributed by atoms with Crippen LogP contribution in [-0.2, 0) is 6.54 Å².